The zero-order chi connectivity index (χ0) is 19.3. The molecule has 2 aromatic rings. The molecule has 1 fully saturated rings. The summed E-state index contributed by atoms with van der Waals surface area (Å²) >= 11 is 0. The van der Waals surface area contributed by atoms with E-state index in [0.717, 1.165) is 5.56 Å². The van der Waals surface area contributed by atoms with Gasteiger partial charge in [-0.3, -0.25) is 4.79 Å². The first-order valence-electron chi connectivity index (χ1n) is 9.05. The van der Waals surface area contributed by atoms with E-state index in [1.807, 2.05) is 13.0 Å². The first-order chi connectivity index (χ1) is 13.0. The highest BCUT2D eigenvalue weighted by Crippen LogP contribution is 2.20. The molecule has 1 amide bonds. The number of nitrogens with zero attached hydrogens (tertiary/aromatic N) is 5. The fourth-order valence-corrected chi connectivity index (χ4v) is 4.80. The molecule has 1 N–H and O–H groups in total. The van der Waals surface area contributed by atoms with Crippen molar-refractivity contribution in [2.24, 2.45) is 5.92 Å². The Kier molecular flexibility index (Phi) is 6.17. The summed E-state index contributed by atoms with van der Waals surface area (Å²) in [7, 11) is -3.28. The summed E-state index contributed by atoms with van der Waals surface area (Å²) in [5.41, 5.74) is 0.808. The molecule has 0 bridgehead atoms. The highest BCUT2D eigenvalue weighted by Gasteiger charge is 2.31. The molecule has 1 atom stereocenters. The Morgan fingerprint density at radius 1 is 1.41 bits per heavy atom. The van der Waals surface area contributed by atoms with Gasteiger partial charge in [0.25, 0.3) is 0 Å². The highest BCUT2D eigenvalue weighted by atomic mass is 32.2. The molecule has 2 aromatic heterocycles. The summed E-state index contributed by atoms with van der Waals surface area (Å²) in [5, 5.41) is 6.99. The van der Waals surface area contributed by atoms with Gasteiger partial charge >= 0.3 is 0 Å². The predicted octanol–water partition coefficient (Wildman–Crippen LogP) is 0.730. The molecule has 9 nitrogen and oxygen atoms in total. The van der Waals surface area contributed by atoms with Crippen molar-refractivity contribution in [1.29, 1.82) is 0 Å². The van der Waals surface area contributed by atoms with E-state index in [-0.39, 0.29) is 24.1 Å². The van der Waals surface area contributed by atoms with Crippen LogP contribution in [0.2, 0.25) is 0 Å². The number of carbonyl (C=O) groups excluding carboxylic acids is 1. The molecule has 146 valence electrons. The van der Waals surface area contributed by atoms with Crippen molar-refractivity contribution in [3.8, 4) is 5.82 Å². The standard InChI is InChI=1S/C17H24N6O3S/c1-2-9-27(25,26)22-8-4-6-15(11-22)17(24)20-10-14-5-3-7-19-16(14)23-13-18-12-21-23/h3,5,7,12-13,15H,2,4,6,8-11H2,1H3,(H,20,24)/t15-/m0/s1. The van der Waals surface area contributed by atoms with E-state index in [1.165, 1.54) is 10.6 Å². The Labute approximate surface area is 158 Å². The minimum atomic E-state index is -3.28. The van der Waals surface area contributed by atoms with E-state index in [1.54, 1.807) is 23.3 Å². The Hall–Kier alpha value is -2.33. The van der Waals surface area contributed by atoms with Gasteiger partial charge in [-0.25, -0.2) is 27.4 Å². The molecule has 10 heteroatoms. The number of hydrogen-bond acceptors (Lipinski definition) is 6. The van der Waals surface area contributed by atoms with Crippen molar-refractivity contribution in [3.05, 3.63) is 36.5 Å². The maximum Gasteiger partial charge on any atom is 0.224 e. The predicted molar refractivity (Wildman–Crippen MR) is 99.4 cm³/mol. The Balaban J connectivity index is 1.63. The number of carbonyl (C=O) groups is 1. The normalized spacial score (nSPS) is 18.3. The second-order valence-electron chi connectivity index (χ2n) is 6.56. The summed E-state index contributed by atoms with van der Waals surface area (Å²) in [6.45, 7) is 2.87. The maximum atomic E-state index is 12.6. The van der Waals surface area contributed by atoms with Crippen LogP contribution in [0.25, 0.3) is 5.82 Å². The molecule has 3 rings (SSSR count). The van der Waals surface area contributed by atoms with E-state index in [4.69, 9.17) is 0 Å². The maximum absolute atomic E-state index is 12.6. The smallest absolute Gasteiger partial charge is 0.224 e. The highest BCUT2D eigenvalue weighted by molar-refractivity contribution is 7.89. The Morgan fingerprint density at radius 3 is 3.00 bits per heavy atom. The van der Waals surface area contributed by atoms with E-state index in [0.29, 0.717) is 38.2 Å². The van der Waals surface area contributed by atoms with Crippen LogP contribution in [0.1, 0.15) is 31.7 Å². The third-order valence-corrected chi connectivity index (χ3v) is 6.61. The number of nitrogens with one attached hydrogen (secondary N) is 1. The molecule has 1 saturated heterocycles. The second-order valence-corrected chi connectivity index (χ2v) is 8.65. The van der Waals surface area contributed by atoms with E-state index >= 15 is 0 Å². The van der Waals surface area contributed by atoms with Gasteiger partial charge in [0.05, 0.1) is 11.7 Å². The van der Waals surface area contributed by atoms with Crippen LogP contribution in [0, 0.1) is 5.92 Å². The molecule has 1 aliphatic heterocycles. The van der Waals surface area contributed by atoms with Gasteiger partial charge in [-0.05, 0) is 25.3 Å². The largest absolute Gasteiger partial charge is 0.352 e. The van der Waals surface area contributed by atoms with Crippen LogP contribution in [0.15, 0.2) is 31.0 Å². The molecule has 0 radical (unpaired) electrons. The first kappa shape index (κ1) is 19.4. The molecule has 27 heavy (non-hydrogen) atoms. The van der Waals surface area contributed by atoms with Gasteiger partial charge in [-0.2, -0.15) is 5.10 Å². The lowest BCUT2D eigenvalue weighted by Gasteiger charge is -2.31. The second kappa shape index (κ2) is 8.57. The summed E-state index contributed by atoms with van der Waals surface area (Å²) < 4.78 is 27.6. The van der Waals surface area contributed by atoms with Gasteiger partial charge in [-0.1, -0.05) is 13.0 Å². The van der Waals surface area contributed by atoms with Crippen LogP contribution < -0.4 is 5.32 Å². The average molecular weight is 392 g/mol. The van der Waals surface area contributed by atoms with Crippen LogP contribution in [0.3, 0.4) is 0 Å². The lowest BCUT2D eigenvalue weighted by atomic mass is 9.99. The Bertz CT molecular complexity index is 869. The van der Waals surface area contributed by atoms with Gasteiger partial charge in [0.15, 0.2) is 5.82 Å². The van der Waals surface area contributed by atoms with Crippen LogP contribution in [0.4, 0.5) is 0 Å². The van der Waals surface area contributed by atoms with Crippen molar-refractivity contribution >= 4 is 15.9 Å². The number of rotatable bonds is 7. The fraction of sp³-hybridized carbons (Fsp3) is 0.529. The van der Waals surface area contributed by atoms with Gasteiger partial charge in [0.1, 0.15) is 12.7 Å². The topological polar surface area (TPSA) is 110 Å². The minimum Gasteiger partial charge on any atom is -0.352 e. The average Bonchev–Trinajstić information content (AvgIpc) is 3.21. The summed E-state index contributed by atoms with van der Waals surface area (Å²) in [4.78, 5) is 20.8. The number of sulfonamides is 1. The van der Waals surface area contributed by atoms with E-state index in [9.17, 15) is 13.2 Å². The van der Waals surface area contributed by atoms with Crippen molar-refractivity contribution < 1.29 is 13.2 Å². The van der Waals surface area contributed by atoms with E-state index < -0.39 is 10.0 Å². The summed E-state index contributed by atoms with van der Waals surface area (Å²) in [6, 6.07) is 3.66. The molecule has 0 saturated carbocycles. The van der Waals surface area contributed by atoms with Crippen LogP contribution in [-0.4, -0.2) is 57.2 Å². The quantitative estimate of drug-likeness (QED) is 0.744. The lowest BCUT2D eigenvalue weighted by molar-refractivity contribution is -0.126. The Morgan fingerprint density at radius 2 is 2.26 bits per heavy atom. The zero-order valence-electron chi connectivity index (χ0n) is 15.3. The van der Waals surface area contributed by atoms with Gasteiger partial charge in [-0.15, -0.1) is 0 Å². The summed E-state index contributed by atoms with van der Waals surface area (Å²) in [5.74, 6) is 0.251. The summed E-state index contributed by atoms with van der Waals surface area (Å²) in [6.07, 6.45) is 6.57. The van der Waals surface area contributed by atoms with Gasteiger partial charge in [0, 0.05) is 31.4 Å². The van der Waals surface area contributed by atoms with Crippen molar-refractivity contribution in [3.63, 3.8) is 0 Å². The van der Waals surface area contributed by atoms with Crippen LogP contribution in [0.5, 0.6) is 0 Å². The SMILES string of the molecule is CCCS(=O)(=O)N1CCC[C@H](C(=O)NCc2cccnc2-n2cncn2)C1. The molecule has 1 aliphatic rings. The number of pyridine rings is 1. The zero-order valence-corrected chi connectivity index (χ0v) is 16.1. The van der Waals surface area contributed by atoms with Crippen LogP contribution in [-0.2, 0) is 21.4 Å². The number of amides is 1. The molecule has 0 unspecified atom stereocenters. The number of hydrogen-bond donors (Lipinski definition) is 1. The molecule has 0 aromatic carbocycles. The van der Waals surface area contributed by atoms with Crippen molar-refractivity contribution in [2.75, 3.05) is 18.8 Å². The van der Waals surface area contributed by atoms with Gasteiger partial charge < -0.3 is 5.32 Å². The monoisotopic (exact) mass is 392 g/mol. The van der Waals surface area contributed by atoms with Crippen molar-refractivity contribution in [1.82, 2.24) is 29.4 Å². The number of piperidine rings is 1. The molecule has 3 heterocycles. The minimum absolute atomic E-state index is 0.123. The first-order valence-corrected chi connectivity index (χ1v) is 10.7. The fourth-order valence-electron chi connectivity index (χ4n) is 3.21. The number of aromatic nitrogens is 4. The molecule has 0 aliphatic carbocycles. The molecular weight excluding hydrogens is 368 g/mol. The molecule has 0 spiro atoms. The van der Waals surface area contributed by atoms with E-state index in [2.05, 4.69) is 20.4 Å². The molecular formula is C17H24N6O3S. The van der Waals surface area contributed by atoms with Gasteiger partial charge in [0.2, 0.25) is 15.9 Å². The van der Waals surface area contributed by atoms with Crippen molar-refractivity contribution in [2.45, 2.75) is 32.7 Å². The third kappa shape index (κ3) is 4.69. The van der Waals surface area contributed by atoms with Crippen LogP contribution >= 0.6 is 0 Å². The lowest BCUT2D eigenvalue weighted by Crippen LogP contribution is -2.46. The third-order valence-electron chi connectivity index (χ3n) is 4.57.